The van der Waals surface area contributed by atoms with E-state index in [2.05, 4.69) is 36.4 Å². The van der Waals surface area contributed by atoms with Gasteiger partial charge in [-0.2, -0.15) is 0 Å². The lowest BCUT2D eigenvalue weighted by molar-refractivity contribution is -0.671. The van der Waals surface area contributed by atoms with Crippen LogP contribution >= 0.6 is 0 Å². The van der Waals surface area contributed by atoms with E-state index in [1.165, 1.54) is 11.1 Å². The third-order valence-corrected chi connectivity index (χ3v) is 2.27. The van der Waals surface area contributed by atoms with Crippen LogP contribution in [0.1, 0.15) is 11.1 Å². The van der Waals surface area contributed by atoms with Crippen molar-refractivity contribution >= 4 is 12.2 Å². The summed E-state index contributed by atoms with van der Waals surface area (Å²) < 4.78 is 2.03. The van der Waals surface area contributed by atoms with Crippen molar-refractivity contribution in [1.29, 1.82) is 0 Å². The van der Waals surface area contributed by atoms with Crippen molar-refractivity contribution in [3.63, 3.8) is 0 Å². The molecule has 2 heteroatoms. The third-order valence-electron chi connectivity index (χ3n) is 2.27. The Morgan fingerprint density at radius 2 is 1.31 bits per heavy atom. The van der Waals surface area contributed by atoms with Gasteiger partial charge in [0.05, 0.1) is 0 Å². The highest BCUT2D eigenvalue weighted by Gasteiger charge is 1.90. The molecule has 2 aromatic rings. The predicted molar refractivity (Wildman–Crippen MR) is 63.0 cm³/mol. The van der Waals surface area contributed by atoms with Gasteiger partial charge in [0.1, 0.15) is 7.05 Å². The Labute approximate surface area is 113 Å². The molecule has 1 aromatic heterocycles. The summed E-state index contributed by atoms with van der Waals surface area (Å²) in [7, 11) is 2.02. The summed E-state index contributed by atoms with van der Waals surface area (Å²) in [5.41, 5.74) is 2.45. The third kappa shape index (κ3) is 3.77. The average molecular weight is 323 g/mol. The maximum atomic E-state index is 2.12. The van der Waals surface area contributed by atoms with Crippen molar-refractivity contribution in [2.45, 2.75) is 0 Å². The van der Waals surface area contributed by atoms with E-state index in [9.17, 15) is 0 Å². The van der Waals surface area contributed by atoms with Crippen LogP contribution in [-0.4, -0.2) is 0 Å². The Kier molecular flexibility index (Phi) is 5.19. The van der Waals surface area contributed by atoms with Crippen LogP contribution in [0.3, 0.4) is 0 Å². The lowest BCUT2D eigenvalue weighted by Crippen LogP contribution is -3.00. The standard InChI is InChI=1S/C14H14N.HI/c1-15-11-9-14(10-12-15)8-7-13-5-3-2-4-6-13;/h2-12H,1H3;1H/q+1;/p-1. The first-order chi connectivity index (χ1) is 7.34. The summed E-state index contributed by atoms with van der Waals surface area (Å²) in [5, 5.41) is 0. The molecule has 1 aromatic carbocycles. The van der Waals surface area contributed by atoms with Gasteiger partial charge in [0.15, 0.2) is 12.4 Å². The van der Waals surface area contributed by atoms with Gasteiger partial charge in [-0.1, -0.05) is 42.5 Å². The summed E-state index contributed by atoms with van der Waals surface area (Å²) in [6, 6.07) is 14.5. The zero-order valence-corrected chi connectivity index (χ0v) is 11.3. The number of hydrogen-bond donors (Lipinski definition) is 0. The quantitative estimate of drug-likeness (QED) is 0.527. The Bertz CT molecular complexity index is 446. The van der Waals surface area contributed by atoms with E-state index in [-0.39, 0.29) is 24.0 Å². The van der Waals surface area contributed by atoms with Crippen LogP contribution in [0.2, 0.25) is 0 Å². The summed E-state index contributed by atoms with van der Waals surface area (Å²) in [4.78, 5) is 0. The first kappa shape index (κ1) is 12.9. The van der Waals surface area contributed by atoms with Gasteiger partial charge in [0, 0.05) is 12.1 Å². The molecule has 2 rings (SSSR count). The molecule has 0 aliphatic rings. The number of nitrogens with zero attached hydrogens (tertiary/aromatic N) is 1. The Morgan fingerprint density at radius 1 is 0.812 bits per heavy atom. The van der Waals surface area contributed by atoms with E-state index in [4.69, 9.17) is 0 Å². The largest absolute Gasteiger partial charge is 1.00 e. The van der Waals surface area contributed by atoms with Gasteiger partial charge in [0.25, 0.3) is 0 Å². The molecule has 1 nitrogen and oxygen atoms in total. The number of pyridine rings is 1. The summed E-state index contributed by atoms with van der Waals surface area (Å²) >= 11 is 0. The van der Waals surface area contributed by atoms with Crippen molar-refractivity contribution in [2.75, 3.05) is 0 Å². The number of benzene rings is 1. The summed E-state index contributed by atoms with van der Waals surface area (Å²) in [6.07, 6.45) is 8.33. The molecular weight excluding hydrogens is 309 g/mol. The molecular formula is C14H14IN. The maximum absolute atomic E-state index is 2.12. The van der Waals surface area contributed by atoms with Gasteiger partial charge >= 0.3 is 0 Å². The van der Waals surface area contributed by atoms with Crippen LogP contribution in [0.15, 0.2) is 54.9 Å². The van der Waals surface area contributed by atoms with Crippen molar-refractivity contribution in [2.24, 2.45) is 7.05 Å². The molecule has 0 spiro atoms. The molecule has 0 unspecified atom stereocenters. The topological polar surface area (TPSA) is 3.88 Å². The average Bonchev–Trinajstić information content (AvgIpc) is 2.30. The molecule has 0 fully saturated rings. The highest BCUT2D eigenvalue weighted by molar-refractivity contribution is 5.68. The fourth-order valence-electron chi connectivity index (χ4n) is 1.38. The molecule has 0 aliphatic heterocycles. The lowest BCUT2D eigenvalue weighted by Gasteiger charge is -1.92. The Hall–Kier alpha value is -1.16. The van der Waals surface area contributed by atoms with Crippen LogP contribution in [-0.2, 0) is 7.05 Å². The number of aryl methyl sites for hydroxylation is 1. The molecule has 1 heterocycles. The molecule has 0 saturated carbocycles. The Balaban J connectivity index is 0.00000128. The fraction of sp³-hybridized carbons (Fsp3) is 0.0714. The fourth-order valence-corrected chi connectivity index (χ4v) is 1.38. The second-order valence-corrected chi connectivity index (χ2v) is 3.54. The van der Waals surface area contributed by atoms with E-state index in [1.54, 1.807) is 0 Å². The minimum absolute atomic E-state index is 0. The van der Waals surface area contributed by atoms with Crippen molar-refractivity contribution in [3.05, 3.63) is 66.0 Å². The summed E-state index contributed by atoms with van der Waals surface area (Å²) in [6.45, 7) is 0. The number of aromatic nitrogens is 1. The number of hydrogen-bond acceptors (Lipinski definition) is 0. The maximum Gasteiger partial charge on any atom is 0.169 e. The highest BCUT2D eigenvalue weighted by atomic mass is 127. The van der Waals surface area contributed by atoms with Crippen LogP contribution in [0, 0.1) is 0 Å². The molecule has 0 atom stereocenters. The van der Waals surface area contributed by atoms with E-state index in [0.717, 1.165) is 0 Å². The second kappa shape index (κ2) is 6.43. The van der Waals surface area contributed by atoms with Crippen LogP contribution in [0.4, 0.5) is 0 Å². The van der Waals surface area contributed by atoms with Crippen LogP contribution in [0.25, 0.3) is 12.2 Å². The van der Waals surface area contributed by atoms with Crippen molar-refractivity contribution < 1.29 is 28.5 Å². The molecule has 0 radical (unpaired) electrons. The van der Waals surface area contributed by atoms with E-state index < -0.39 is 0 Å². The normalized spacial score (nSPS) is 10.1. The van der Waals surface area contributed by atoms with Gasteiger partial charge in [0.2, 0.25) is 0 Å². The molecule has 0 N–H and O–H groups in total. The first-order valence-corrected chi connectivity index (χ1v) is 5.03. The molecule has 0 saturated heterocycles. The monoisotopic (exact) mass is 323 g/mol. The molecule has 16 heavy (non-hydrogen) atoms. The zero-order valence-electron chi connectivity index (χ0n) is 9.18. The molecule has 0 bridgehead atoms. The molecule has 0 aliphatic carbocycles. The predicted octanol–water partition coefficient (Wildman–Crippen LogP) is -0.315. The second-order valence-electron chi connectivity index (χ2n) is 3.54. The van der Waals surface area contributed by atoms with E-state index in [0.29, 0.717) is 0 Å². The number of halogens is 1. The lowest BCUT2D eigenvalue weighted by atomic mass is 10.1. The van der Waals surface area contributed by atoms with Gasteiger partial charge in [-0.25, -0.2) is 4.57 Å². The molecule has 0 amide bonds. The highest BCUT2D eigenvalue weighted by Crippen LogP contribution is 2.05. The van der Waals surface area contributed by atoms with Crippen LogP contribution < -0.4 is 28.5 Å². The van der Waals surface area contributed by atoms with Gasteiger partial charge < -0.3 is 24.0 Å². The van der Waals surface area contributed by atoms with Gasteiger partial charge in [-0.05, 0) is 11.1 Å². The Morgan fingerprint density at radius 3 is 1.88 bits per heavy atom. The zero-order chi connectivity index (χ0) is 10.5. The SMILES string of the molecule is C[n+]1ccc(C=Cc2ccccc2)cc1.[I-]. The molecule has 82 valence electrons. The summed E-state index contributed by atoms with van der Waals surface area (Å²) in [5.74, 6) is 0. The number of rotatable bonds is 2. The van der Waals surface area contributed by atoms with Crippen LogP contribution in [0.5, 0.6) is 0 Å². The smallest absolute Gasteiger partial charge is 0.169 e. The van der Waals surface area contributed by atoms with Crippen molar-refractivity contribution in [1.82, 2.24) is 0 Å². The minimum Gasteiger partial charge on any atom is -1.00 e. The van der Waals surface area contributed by atoms with Gasteiger partial charge in [-0.15, -0.1) is 0 Å². The first-order valence-electron chi connectivity index (χ1n) is 5.03. The van der Waals surface area contributed by atoms with E-state index in [1.807, 2.05) is 42.2 Å². The van der Waals surface area contributed by atoms with Crippen molar-refractivity contribution in [3.8, 4) is 0 Å². The minimum atomic E-state index is 0. The van der Waals surface area contributed by atoms with Gasteiger partial charge in [-0.3, -0.25) is 0 Å². The van der Waals surface area contributed by atoms with E-state index >= 15 is 0 Å².